The van der Waals surface area contributed by atoms with Crippen molar-refractivity contribution in [1.29, 1.82) is 0 Å². The number of urea groups is 1. The van der Waals surface area contributed by atoms with Crippen LogP contribution in [0.1, 0.15) is 53.9 Å². The second kappa shape index (κ2) is 10.9. The van der Waals surface area contributed by atoms with Gasteiger partial charge in [0.25, 0.3) is 5.91 Å². The lowest BCUT2D eigenvalue weighted by Gasteiger charge is -2.18. The van der Waals surface area contributed by atoms with Crippen LogP contribution in [0.15, 0.2) is 36.9 Å². The molecule has 2 saturated carbocycles. The highest BCUT2D eigenvalue weighted by atomic mass is 19.1. The van der Waals surface area contributed by atoms with Gasteiger partial charge < -0.3 is 14.8 Å². The zero-order valence-corrected chi connectivity index (χ0v) is 23.8. The predicted molar refractivity (Wildman–Crippen MR) is 154 cm³/mol. The molecular formula is C29H29FN10O4. The summed E-state index contributed by atoms with van der Waals surface area (Å²) >= 11 is 0. The van der Waals surface area contributed by atoms with Crippen molar-refractivity contribution in [3.05, 3.63) is 65.5 Å². The van der Waals surface area contributed by atoms with Gasteiger partial charge >= 0.3 is 6.03 Å². The lowest BCUT2D eigenvalue weighted by molar-refractivity contribution is -0.125. The molecule has 0 bridgehead atoms. The quantitative estimate of drug-likeness (QED) is 0.230. The number of fused-ring (bicyclic) bond motifs is 1. The van der Waals surface area contributed by atoms with E-state index in [9.17, 15) is 23.9 Å². The Labute approximate surface area is 250 Å². The molecule has 226 valence electrons. The summed E-state index contributed by atoms with van der Waals surface area (Å²) in [6.45, 7) is 1.40. The van der Waals surface area contributed by atoms with E-state index in [0.29, 0.717) is 35.2 Å². The van der Waals surface area contributed by atoms with E-state index in [0.717, 1.165) is 35.2 Å². The number of nitrogens with one attached hydrogen (secondary N) is 2. The molecule has 1 aliphatic heterocycles. The van der Waals surface area contributed by atoms with Crippen molar-refractivity contribution in [1.82, 2.24) is 34.2 Å². The van der Waals surface area contributed by atoms with Crippen molar-refractivity contribution in [2.75, 3.05) is 35.2 Å². The Kier molecular flexibility index (Phi) is 6.88. The topological polar surface area (TPSA) is 171 Å². The first-order valence-electron chi connectivity index (χ1n) is 14.4. The third kappa shape index (κ3) is 5.30. The van der Waals surface area contributed by atoms with Crippen molar-refractivity contribution in [2.24, 2.45) is 5.92 Å². The predicted octanol–water partition coefficient (Wildman–Crippen LogP) is 2.35. The zero-order valence-electron chi connectivity index (χ0n) is 23.8. The van der Waals surface area contributed by atoms with Crippen LogP contribution in [0.5, 0.6) is 0 Å². The minimum Gasteiger partial charge on any atom is -0.395 e. The van der Waals surface area contributed by atoms with Crippen LogP contribution in [0.4, 0.5) is 26.6 Å². The molecule has 14 nitrogen and oxygen atoms in total. The fourth-order valence-electron chi connectivity index (χ4n) is 5.47. The van der Waals surface area contributed by atoms with Crippen LogP contribution in [0, 0.1) is 18.7 Å². The SMILES string of the molecule is Cc1ccnc([C@H]2C[C@@H]2C(=O)Nc2ncc(F)c(NCc3cn4cc(C5CC5)cc(N5CC(=O)N(CCO)C5=O)c4n3)n2)n1. The molecule has 1 saturated heterocycles. The molecule has 4 amide bonds. The number of carbonyl (C=O) groups excluding carboxylic acids is 3. The van der Waals surface area contributed by atoms with Gasteiger partial charge in [-0.2, -0.15) is 4.98 Å². The summed E-state index contributed by atoms with van der Waals surface area (Å²) in [5, 5.41) is 14.9. The van der Waals surface area contributed by atoms with Gasteiger partial charge in [0, 0.05) is 36.1 Å². The van der Waals surface area contributed by atoms with E-state index in [-0.39, 0.29) is 55.8 Å². The van der Waals surface area contributed by atoms with E-state index in [4.69, 9.17) is 0 Å². The Morgan fingerprint density at radius 2 is 2.00 bits per heavy atom. The maximum Gasteiger partial charge on any atom is 0.331 e. The molecule has 4 aromatic rings. The minimum atomic E-state index is -0.703. The lowest BCUT2D eigenvalue weighted by atomic mass is 10.1. The van der Waals surface area contributed by atoms with Crippen molar-refractivity contribution in [3.8, 4) is 0 Å². The second-order valence-electron chi connectivity index (χ2n) is 11.3. The van der Waals surface area contributed by atoms with Gasteiger partial charge in [-0.25, -0.2) is 29.1 Å². The number of halogens is 1. The van der Waals surface area contributed by atoms with Crippen LogP contribution >= 0.6 is 0 Å². The molecule has 15 heteroatoms. The number of anilines is 3. The van der Waals surface area contributed by atoms with Crippen LogP contribution in [0.3, 0.4) is 0 Å². The third-order valence-electron chi connectivity index (χ3n) is 8.01. The molecule has 7 rings (SSSR count). The van der Waals surface area contributed by atoms with Crippen LogP contribution in [0.2, 0.25) is 0 Å². The number of aliphatic hydroxyl groups is 1. The van der Waals surface area contributed by atoms with Gasteiger partial charge in [-0.3, -0.25) is 24.7 Å². The monoisotopic (exact) mass is 600 g/mol. The number of carbonyl (C=O) groups is 3. The first-order chi connectivity index (χ1) is 21.3. The number of imidazole rings is 1. The number of nitrogens with zero attached hydrogens (tertiary/aromatic N) is 8. The normalized spacial score (nSPS) is 19.6. The molecule has 0 spiro atoms. The van der Waals surface area contributed by atoms with Crippen molar-refractivity contribution < 1.29 is 23.9 Å². The summed E-state index contributed by atoms with van der Waals surface area (Å²) in [5.74, 6) is -0.945. The summed E-state index contributed by atoms with van der Waals surface area (Å²) in [7, 11) is 0. The summed E-state index contributed by atoms with van der Waals surface area (Å²) in [6.07, 6.45) is 9.05. The Hall–Kier alpha value is -5.05. The van der Waals surface area contributed by atoms with Gasteiger partial charge in [0.15, 0.2) is 17.3 Å². The van der Waals surface area contributed by atoms with E-state index in [1.54, 1.807) is 22.9 Å². The van der Waals surface area contributed by atoms with Crippen molar-refractivity contribution >= 4 is 40.9 Å². The van der Waals surface area contributed by atoms with E-state index >= 15 is 0 Å². The number of aryl methyl sites for hydroxylation is 1. The van der Waals surface area contributed by atoms with Crippen LogP contribution in [0.25, 0.3) is 5.65 Å². The summed E-state index contributed by atoms with van der Waals surface area (Å²) in [6, 6.07) is 3.17. The van der Waals surface area contributed by atoms with Gasteiger partial charge in [-0.05, 0) is 49.8 Å². The van der Waals surface area contributed by atoms with Gasteiger partial charge in [-0.15, -0.1) is 0 Å². The third-order valence-corrected chi connectivity index (χ3v) is 8.01. The molecule has 2 atom stereocenters. The number of imide groups is 1. The fraction of sp³-hybridized carbons (Fsp3) is 0.379. The van der Waals surface area contributed by atoms with Crippen LogP contribution < -0.4 is 15.5 Å². The molecule has 0 aromatic carbocycles. The highest BCUT2D eigenvalue weighted by Crippen LogP contribution is 2.46. The lowest BCUT2D eigenvalue weighted by Crippen LogP contribution is -2.35. The maximum absolute atomic E-state index is 14.7. The number of pyridine rings is 1. The zero-order chi connectivity index (χ0) is 30.5. The Balaban J connectivity index is 1.07. The fourth-order valence-corrected chi connectivity index (χ4v) is 5.47. The molecule has 4 aromatic heterocycles. The maximum atomic E-state index is 14.7. The molecular weight excluding hydrogens is 571 g/mol. The smallest absolute Gasteiger partial charge is 0.331 e. The molecule has 3 N–H and O–H groups in total. The number of aliphatic hydroxyl groups excluding tert-OH is 1. The molecule has 2 aliphatic carbocycles. The average Bonchev–Trinajstić information content (AvgIpc) is 3.93. The van der Waals surface area contributed by atoms with E-state index < -0.39 is 17.8 Å². The van der Waals surface area contributed by atoms with Crippen molar-refractivity contribution in [2.45, 2.75) is 44.6 Å². The largest absolute Gasteiger partial charge is 0.395 e. The minimum absolute atomic E-state index is 0.0364. The van der Waals surface area contributed by atoms with Crippen molar-refractivity contribution in [3.63, 3.8) is 0 Å². The Bertz CT molecular complexity index is 1810. The molecule has 44 heavy (non-hydrogen) atoms. The molecule has 5 heterocycles. The van der Waals surface area contributed by atoms with Crippen LogP contribution in [-0.4, -0.2) is 76.9 Å². The number of amides is 4. The Morgan fingerprint density at radius 1 is 1.16 bits per heavy atom. The standard InChI is InChI=1S/C29H29FN10O4/c1-15-4-5-31-24(34-15)19-9-20(19)27(43)37-28-33-11-21(30)25(36-28)32-10-18-13-38-12-17(16-2-3-16)8-22(26(38)35-18)40-14-23(42)39(6-7-41)29(40)44/h4-5,8,11-13,16,19-20,41H,2-3,6-7,9-10,14H2,1H3,(H2,32,33,36,37,43)/t19-,20-/m0/s1. The van der Waals surface area contributed by atoms with E-state index in [1.165, 1.54) is 4.90 Å². The number of hydrogen-bond acceptors (Lipinski definition) is 10. The van der Waals surface area contributed by atoms with Gasteiger partial charge in [-0.1, -0.05) is 0 Å². The number of aromatic nitrogens is 6. The number of rotatable bonds is 10. The Morgan fingerprint density at radius 3 is 2.77 bits per heavy atom. The molecule has 3 fully saturated rings. The average molecular weight is 601 g/mol. The first-order valence-corrected chi connectivity index (χ1v) is 14.4. The van der Waals surface area contributed by atoms with E-state index in [2.05, 4.69) is 35.6 Å². The van der Waals surface area contributed by atoms with Gasteiger partial charge in [0.1, 0.15) is 12.4 Å². The molecule has 0 radical (unpaired) electrons. The number of β-amino-alcohol motifs (C(OH)–C–C–N with tert-alkyl or cyclic N) is 1. The van der Waals surface area contributed by atoms with Gasteiger partial charge in [0.2, 0.25) is 11.9 Å². The van der Waals surface area contributed by atoms with E-state index in [1.807, 2.05) is 19.2 Å². The summed E-state index contributed by atoms with van der Waals surface area (Å²) < 4.78 is 16.5. The first kappa shape index (κ1) is 27.8. The highest BCUT2D eigenvalue weighted by Gasteiger charge is 2.46. The molecule has 3 aliphatic rings. The number of hydrogen-bond donors (Lipinski definition) is 3. The van der Waals surface area contributed by atoms with Gasteiger partial charge in [0.05, 0.1) is 37.3 Å². The van der Waals surface area contributed by atoms with Crippen LogP contribution in [-0.2, 0) is 16.1 Å². The highest BCUT2D eigenvalue weighted by molar-refractivity contribution is 6.13. The second-order valence-corrected chi connectivity index (χ2v) is 11.3. The summed E-state index contributed by atoms with van der Waals surface area (Å²) in [5.41, 5.74) is 3.34. The summed E-state index contributed by atoms with van der Waals surface area (Å²) in [4.78, 5) is 62.1. The molecule has 0 unspecified atom stereocenters.